The van der Waals surface area contributed by atoms with E-state index >= 15 is 0 Å². The van der Waals surface area contributed by atoms with Crippen LogP contribution in [-0.4, -0.2) is 59.7 Å². The number of rotatable bonds is 6. The van der Waals surface area contributed by atoms with Crippen LogP contribution in [0, 0.1) is 11.8 Å². The van der Waals surface area contributed by atoms with Crippen LogP contribution >= 0.6 is 0 Å². The number of phenols is 1. The molecule has 1 heterocycles. The van der Waals surface area contributed by atoms with E-state index in [1.165, 1.54) is 39.0 Å². The van der Waals surface area contributed by atoms with Crippen molar-refractivity contribution in [2.45, 2.75) is 59.0 Å². The molecule has 0 radical (unpaired) electrons. The molecule has 2 amide bonds. The summed E-state index contributed by atoms with van der Waals surface area (Å²) in [5.41, 5.74) is -0.232. The molecule has 11 nitrogen and oxygen atoms in total. The summed E-state index contributed by atoms with van der Waals surface area (Å²) in [6.45, 7) is 7.60. The minimum Gasteiger partial charge on any atom is -0.505 e. The van der Waals surface area contributed by atoms with Gasteiger partial charge in [0.25, 0.3) is 5.91 Å². The first kappa shape index (κ1) is 25.6. The number of cyclic esters (lactones) is 2. The molecule has 0 unspecified atom stereocenters. The van der Waals surface area contributed by atoms with Gasteiger partial charge in [0.05, 0.1) is 23.1 Å². The van der Waals surface area contributed by atoms with E-state index in [-0.39, 0.29) is 11.3 Å². The molecule has 2 rings (SSSR count). The lowest BCUT2D eigenvalue weighted by molar-refractivity contribution is -0.175. The van der Waals surface area contributed by atoms with Crippen molar-refractivity contribution < 1.29 is 43.3 Å². The number of ether oxygens (including phenoxy) is 3. The maximum Gasteiger partial charge on any atom is 0.332 e. The van der Waals surface area contributed by atoms with Crippen molar-refractivity contribution in [1.29, 1.82) is 0 Å². The fraction of sp³-hybridized carbons (Fsp3) is 0.500. The van der Waals surface area contributed by atoms with E-state index in [4.69, 9.17) is 14.2 Å². The number of hydrogen-bond acceptors (Lipinski definition) is 9. The lowest BCUT2D eigenvalue weighted by atomic mass is 10.00. The quantitative estimate of drug-likeness (QED) is 0.243. The van der Waals surface area contributed by atoms with Gasteiger partial charge in [0.2, 0.25) is 6.41 Å². The highest BCUT2D eigenvalue weighted by Gasteiger charge is 2.42. The van der Waals surface area contributed by atoms with E-state index < -0.39 is 65.8 Å². The van der Waals surface area contributed by atoms with Gasteiger partial charge in [-0.25, -0.2) is 4.79 Å². The Labute approximate surface area is 190 Å². The van der Waals surface area contributed by atoms with Gasteiger partial charge in [-0.2, -0.15) is 0 Å². The largest absolute Gasteiger partial charge is 0.505 e. The van der Waals surface area contributed by atoms with Crippen molar-refractivity contribution in [2.75, 3.05) is 5.32 Å². The van der Waals surface area contributed by atoms with Crippen LogP contribution in [0.5, 0.6) is 5.75 Å². The molecule has 1 fully saturated rings. The number of carbonyl (C=O) groups excluding carboxylic acids is 5. The first-order chi connectivity index (χ1) is 15.5. The van der Waals surface area contributed by atoms with E-state index in [0.29, 0.717) is 6.41 Å². The second-order valence-electron chi connectivity index (χ2n) is 8.04. The number of amides is 2. The number of carbonyl (C=O) groups is 5. The minimum atomic E-state index is -1.42. The van der Waals surface area contributed by atoms with Crippen LogP contribution in [0.3, 0.4) is 0 Å². The molecule has 1 aliphatic heterocycles. The maximum absolute atomic E-state index is 12.9. The number of phenolic OH excluding ortho intramolecular Hbond substituents is 1. The van der Waals surface area contributed by atoms with Gasteiger partial charge in [-0.3, -0.25) is 19.2 Å². The predicted molar refractivity (Wildman–Crippen MR) is 114 cm³/mol. The van der Waals surface area contributed by atoms with Crippen LogP contribution in [0.2, 0.25) is 0 Å². The van der Waals surface area contributed by atoms with Gasteiger partial charge >= 0.3 is 17.9 Å². The van der Waals surface area contributed by atoms with Crippen molar-refractivity contribution in [1.82, 2.24) is 5.32 Å². The summed E-state index contributed by atoms with van der Waals surface area (Å²) in [5.74, 6) is -5.01. The molecule has 3 N–H and O–H groups in total. The Morgan fingerprint density at radius 1 is 1.09 bits per heavy atom. The SMILES string of the molecule is CC(C)C(=O)O[C@H]1[C@H](C)OC(=O)[C@@H](NC(=O)c2cccc(NC=O)c2O)[C@@H](C)OC(=O)[C@H]1C. The number of esters is 3. The molecule has 0 spiro atoms. The molecule has 0 aliphatic carbocycles. The number of para-hydroxylation sites is 1. The van der Waals surface area contributed by atoms with Crippen LogP contribution in [-0.2, 0) is 33.4 Å². The Balaban J connectivity index is 2.29. The minimum absolute atomic E-state index is 0.00794. The van der Waals surface area contributed by atoms with Gasteiger partial charge in [-0.1, -0.05) is 19.9 Å². The van der Waals surface area contributed by atoms with Crippen LogP contribution < -0.4 is 10.6 Å². The zero-order valence-corrected chi connectivity index (χ0v) is 19.0. The third-order valence-electron chi connectivity index (χ3n) is 5.16. The van der Waals surface area contributed by atoms with Crippen LogP contribution in [0.4, 0.5) is 5.69 Å². The normalized spacial score (nSPS) is 25.6. The number of anilines is 1. The van der Waals surface area contributed by atoms with Gasteiger partial charge in [0.15, 0.2) is 17.9 Å². The summed E-state index contributed by atoms with van der Waals surface area (Å²) >= 11 is 0. The third-order valence-corrected chi connectivity index (χ3v) is 5.16. The Morgan fingerprint density at radius 3 is 2.33 bits per heavy atom. The number of benzene rings is 1. The van der Waals surface area contributed by atoms with Crippen molar-refractivity contribution in [2.24, 2.45) is 11.8 Å². The van der Waals surface area contributed by atoms with Crippen molar-refractivity contribution >= 4 is 35.9 Å². The lowest BCUT2D eigenvalue weighted by Gasteiger charge is -2.27. The first-order valence-electron chi connectivity index (χ1n) is 10.4. The molecule has 5 atom stereocenters. The Bertz CT molecular complexity index is 930. The Kier molecular flexibility index (Phi) is 8.38. The summed E-state index contributed by atoms with van der Waals surface area (Å²) < 4.78 is 16.1. The summed E-state index contributed by atoms with van der Waals surface area (Å²) in [6, 6.07) is 2.66. The maximum atomic E-state index is 12.9. The van der Waals surface area contributed by atoms with Crippen molar-refractivity contribution in [3.63, 3.8) is 0 Å². The zero-order valence-electron chi connectivity index (χ0n) is 19.0. The number of hydrogen-bond donors (Lipinski definition) is 3. The predicted octanol–water partition coefficient (Wildman–Crippen LogP) is 1.14. The fourth-order valence-electron chi connectivity index (χ4n) is 3.18. The summed E-state index contributed by atoms with van der Waals surface area (Å²) in [4.78, 5) is 61.0. The molecule has 11 heteroatoms. The topological polar surface area (TPSA) is 157 Å². The lowest BCUT2D eigenvalue weighted by Crippen LogP contribution is -2.50. The van der Waals surface area contributed by atoms with Gasteiger partial charge < -0.3 is 30.0 Å². The van der Waals surface area contributed by atoms with Crippen molar-refractivity contribution in [3.05, 3.63) is 23.8 Å². The second kappa shape index (κ2) is 10.8. The van der Waals surface area contributed by atoms with Crippen LogP contribution in [0.25, 0.3) is 0 Å². The van der Waals surface area contributed by atoms with E-state index in [2.05, 4.69) is 10.6 Å². The standard InChI is InChI=1S/C22H28N2O9/c1-10(2)20(28)33-18-11(3)21(29)31-12(4)16(22(30)32-13(18)5)24-19(27)14-7-6-8-15(17(14)26)23-9-25/h6-13,16,18,26H,1-5H3,(H,23,25)(H,24,27)/t11-,12+,13-,16-,18+/m0/s1. The average molecular weight is 464 g/mol. The highest BCUT2D eigenvalue weighted by molar-refractivity contribution is 6.01. The van der Waals surface area contributed by atoms with Crippen molar-refractivity contribution in [3.8, 4) is 5.75 Å². The Morgan fingerprint density at radius 2 is 1.73 bits per heavy atom. The van der Waals surface area contributed by atoms with Gasteiger partial charge in [0.1, 0.15) is 12.2 Å². The molecule has 33 heavy (non-hydrogen) atoms. The third kappa shape index (κ3) is 5.99. The zero-order chi connectivity index (χ0) is 24.9. The smallest absolute Gasteiger partial charge is 0.332 e. The van der Waals surface area contributed by atoms with E-state index in [9.17, 15) is 29.1 Å². The van der Waals surface area contributed by atoms with Gasteiger partial charge in [-0.15, -0.1) is 0 Å². The summed E-state index contributed by atoms with van der Waals surface area (Å²) in [6.07, 6.45) is -2.91. The monoisotopic (exact) mass is 464 g/mol. The first-order valence-corrected chi connectivity index (χ1v) is 10.4. The molecule has 0 bridgehead atoms. The molecule has 0 aromatic heterocycles. The molecule has 1 aromatic rings. The van der Waals surface area contributed by atoms with Gasteiger partial charge in [0, 0.05) is 0 Å². The highest BCUT2D eigenvalue weighted by atomic mass is 16.6. The molecular formula is C22H28N2O9. The number of aromatic hydroxyl groups is 1. The summed E-state index contributed by atoms with van der Waals surface area (Å²) in [5, 5.41) is 14.9. The fourth-order valence-corrected chi connectivity index (χ4v) is 3.18. The molecule has 1 aliphatic rings. The van der Waals surface area contributed by atoms with Gasteiger partial charge in [-0.05, 0) is 32.9 Å². The van der Waals surface area contributed by atoms with E-state index in [1.54, 1.807) is 13.8 Å². The highest BCUT2D eigenvalue weighted by Crippen LogP contribution is 2.27. The van der Waals surface area contributed by atoms with Crippen LogP contribution in [0.15, 0.2) is 18.2 Å². The summed E-state index contributed by atoms with van der Waals surface area (Å²) in [7, 11) is 0. The Hall–Kier alpha value is -3.63. The number of nitrogens with one attached hydrogen (secondary N) is 2. The average Bonchev–Trinajstić information content (AvgIpc) is 2.77. The van der Waals surface area contributed by atoms with E-state index in [1.807, 2.05) is 0 Å². The molecule has 0 saturated carbocycles. The molecule has 1 aromatic carbocycles. The molecular weight excluding hydrogens is 436 g/mol. The second-order valence-corrected chi connectivity index (χ2v) is 8.04. The van der Waals surface area contributed by atoms with Crippen LogP contribution in [0.1, 0.15) is 45.0 Å². The van der Waals surface area contributed by atoms with E-state index in [0.717, 1.165) is 0 Å². The molecule has 180 valence electrons. The molecule has 1 saturated heterocycles.